The molecule has 1 amide bonds. The normalized spacial score (nSPS) is 9.58. The Balaban J connectivity index is 2.05. The van der Waals surface area contributed by atoms with Gasteiger partial charge in [0.15, 0.2) is 11.0 Å². The van der Waals surface area contributed by atoms with Gasteiger partial charge in [0.1, 0.15) is 0 Å². The lowest BCUT2D eigenvalue weighted by atomic mass is 10.2. The zero-order chi connectivity index (χ0) is 13.7. The number of carbonyl (C=O) groups excluding carboxylic acids is 1. The van der Waals surface area contributed by atoms with E-state index in [1.807, 2.05) is 0 Å². The van der Waals surface area contributed by atoms with Gasteiger partial charge in [-0.05, 0) is 48.0 Å². The van der Waals surface area contributed by atoms with Gasteiger partial charge in [-0.3, -0.25) is 4.79 Å². The molecule has 0 spiro atoms. The first-order valence-corrected chi connectivity index (χ1v) is 5.92. The summed E-state index contributed by atoms with van der Waals surface area (Å²) < 4.78 is 5.01. The van der Waals surface area contributed by atoms with E-state index in [2.05, 4.69) is 17.2 Å². The van der Waals surface area contributed by atoms with Crippen molar-refractivity contribution in [3.63, 3.8) is 0 Å². The number of anilines is 1. The summed E-state index contributed by atoms with van der Waals surface area (Å²) in [6.45, 7) is 0.317. The quantitative estimate of drug-likeness (QED) is 0.827. The van der Waals surface area contributed by atoms with Crippen LogP contribution in [-0.2, 0) is 0 Å². The van der Waals surface area contributed by atoms with Crippen molar-refractivity contribution in [2.45, 2.75) is 0 Å². The molecule has 0 aliphatic rings. The fourth-order valence-corrected chi connectivity index (χ4v) is 1.57. The highest BCUT2D eigenvalue weighted by Crippen LogP contribution is 2.15. The number of nitrogens with one attached hydrogen (secondary N) is 1. The second-order valence-corrected chi connectivity index (χ2v) is 4.01. The van der Waals surface area contributed by atoms with Crippen molar-refractivity contribution in [2.75, 3.05) is 11.9 Å². The average Bonchev–Trinajstić information content (AvgIpc) is 2.85. The smallest absolute Gasteiger partial charge is 0.291 e. The molecule has 0 aliphatic carbocycles. The van der Waals surface area contributed by atoms with Gasteiger partial charge in [0.05, 0.1) is 6.54 Å². The van der Waals surface area contributed by atoms with Crippen LogP contribution in [0.5, 0.6) is 0 Å². The molecule has 0 atom stereocenters. The minimum absolute atomic E-state index is 0.164. The monoisotopic (exact) mass is 274 g/mol. The molecule has 3 N–H and O–H groups in total. The largest absolute Gasteiger partial charge is 0.440 e. The summed E-state index contributed by atoms with van der Waals surface area (Å²) in [5, 5.41) is 2.87. The SMILES string of the molecule is NCC#Cc1ccc(NC(=O)c2ccc(Cl)o2)cc1. The van der Waals surface area contributed by atoms with Crippen LogP contribution in [0.4, 0.5) is 5.69 Å². The number of hydrogen-bond acceptors (Lipinski definition) is 3. The van der Waals surface area contributed by atoms with Gasteiger partial charge in [-0.2, -0.15) is 0 Å². The summed E-state index contributed by atoms with van der Waals surface area (Å²) >= 11 is 5.60. The maximum absolute atomic E-state index is 11.8. The molecule has 1 aromatic carbocycles. The lowest BCUT2D eigenvalue weighted by Crippen LogP contribution is -2.10. The van der Waals surface area contributed by atoms with E-state index in [1.54, 1.807) is 24.3 Å². The highest BCUT2D eigenvalue weighted by Gasteiger charge is 2.10. The van der Waals surface area contributed by atoms with Crippen LogP contribution < -0.4 is 11.1 Å². The molecule has 2 rings (SSSR count). The fourth-order valence-electron chi connectivity index (χ4n) is 1.42. The van der Waals surface area contributed by atoms with E-state index in [-0.39, 0.29) is 16.9 Å². The average molecular weight is 275 g/mol. The van der Waals surface area contributed by atoms with Crippen LogP contribution in [0.3, 0.4) is 0 Å². The number of amides is 1. The summed E-state index contributed by atoms with van der Waals surface area (Å²) in [7, 11) is 0. The molecule has 0 unspecified atom stereocenters. The Morgan fingerprint density at radius 1 is 1.26 bits per heavy atom. The topological polar surface area (TPSA) is 68.3 Å². The predicted molar refractivity (Wildman–Crippen MR) is 74.0 cm³/mol. The van der Waals surface area contributed by atoms with Crippen molar-refractivity contribution in [1.29, 1.82) is 0 Å². The van der Waals surface area contributed by atoms with E-state index in [0.29, 0.717) is 12.2 Å². The molecule has 1 aromatic heterocycles. The van der Waals surface area contributed by atoms with Crippen molar-refractivity contribution in [3.05, 3.63) is 52.9 Å². The molecule has 5 heteroatoms. The zero-order valence-electron chi connectivity index (χ0n) is 9.94. The van der Waals surface area contributed by atoms with Gasteiger partial charge < -0.3 is 15.5 Å². The third-order valence-corrected chi connectivity index (χ3v) is 2.48. The van der Waals surface area contributed by atoms with Crippen molar-refractivity contribution in [2.24, 2.45) is 5.73 Å². The zero-order valence-corrected chi connectivity index (χ0v) is 10.7. The van der Waals surface area contributed by atoms with Gasteiger partial charge in [-0.1, -0.05) is 11.8 Å². The third-order valence-electron chi connectivity index (χ3n) is 2.27. The minimum Gasteiger partial charge on any atom is -0.440 e. The first-order valence-electron chi connectivity index (χ1n) is 5.55. The Kier molecular flexibility index (Phi) is 4.24. The Labute approximate surface area is 115 Å². The summed E-state index contributed by atoms with van der Waals surface area (Å²) in [6, 6.07) is 10.1. The molecule has 0 saturated carbocycles. The molecule has 0 radical (unpaired) electrons. The number of furan rings is 1. The molecule has 1 heterocycles. The summed E-state index contributed by atoms with van der Waals surface area (Å²) in [6.07, 6.45) is 0. The van der Waals surface area contributed by atoms with E-state index in [1.165, 1.54) is 12.1 Å². The maximum Gasteiger partial charge on any atom is 0.291 e. The van der Waals surface area contributed by atoms with Crippen LogP contribution in [-0.4, -0.2) is 12.5 Å². The molecule has 0 saturated heterocycles. The summed E-state index contributed by atoms with van der Waals surface area (Å²) in [5.74, 6) is 5.46. The molecule has 2 aromatic rings. The number of halogens is 1. The summed E-state index contributed by atoms with van der Waals surface area (Å²) in [5.41, 5.74) is 6.77. The van der Waals surface area contributed by atoms with E-state index in [4.69, 9.17) is 21.8 Å². The molecule has 0 fully saturated rings. The van der Waals surface area contributed by atoms with Gasteiger partial charge in [0.25, 0.3) is 5.91 Å². The molecule has 0 aliphatic heterocycles. The number of carbonyl (C=O) groups is 1. The van der Waals surface area contributed by atoms with Crippen LogP contribution >= 0.6 is 11.6 Å². The van der Waals surface area contributed by atoms with Crippen molar-refractivity contribution >= 4 is 23.2 Å². The fraction of sp³-hybridized carbons (Fsp3) is 0.0714. The third kappa shape index (κ3) is 3.62. The maximum atomic E-state index is 11.8. The van der Waals surface area contributed by atoms with E-state index in [0.717, 1.165) is 5.56 Å². The van der Waals surface area contributed by atoms with Gasteiger partial charge in [0.2, 0.25) is 0 Å². The van der Waals surface area contributed by atoms with E-state index >= 15 is 0 Å². The molecular weight excluding hydrogens is 264 g/mol. The van der Waals surface area contributed by atoms with Crippen LogP contribution in [0.2, 0.25) is 5.22 Å². The van der Waals surface area contributed by atoms with Gasteiger partial charge in [-0.15, -0.1) is 0 Å². The Morgan fingerprint density at radius 3 is 2.58 bits per heavy atom. The van der Waals surface area contributed by atoms with E-state index in [9.17, 15) is 4.79 Å². The molecule has 96 valence electrons. The van der Waals surface area contributed by atoms with Crippen LogP contribution in [0.25, 0.3) is 0 Å². The molecular formula is C14H11ClN2O2. The first-order chi connectivity index (χ1) is 9.19. The van der Waals surface area contributed by atoms with E-state index < -0.39 is 0 Å². The highest BCUT2D eigenvalue weighted by molar-refractivity contribution is 6.29. The highest BCUT2D eigenvalue weighted by atomic mass is 35.5. The van der Waals surface area contributed by atoms with Crippen LogP contribution in [0.15, 0.2) is 40.8 Å². The second kappa shape index (κ2) is 6.10. The molecule has 19 heavy (non-hydrogen) atoms. The van der Waals surface area contributed by atoms with Gasteiger partial charge in [-0.25, -0.2) is 0 Å². The Hall–Kier alpha value is -2.22. The lowest BCUT2D eigenvalue weighted by molar-refractivity contribution is 0.0997. The second-order valence-electron chi connectivity index (χ2n) is 3.64. The van der Waals surface area contributed by atoms with Gasteiger partial charge in [0, 0.05) is 11.3 Å². The number of benzene rings is 1. The number of nitrogens with two attached hydrogens (primary N) is 1. The first kappa shape index (κ1) is 13.2. The van der Waals surface area contributed by atoms with Crippen molar-refractivity contribution < 1.29 is 9.21 Å². The Morgan fingerprint density at radius 2 is 2.00 bits per heavy atom. The molecule has 4 nitrogen and oxygen atoms in total. The predicted octanol–water partition coefficient (Wildman–Crippen LogP) is 2.50. The van der Waals surface area contributed by atoms with Crippen molar-refractivity contribution in [3.8, 4) is 11.8 Å². The van der Waals surface area contributed by atoms with Crippen LogP contribution in [0.1, 0.15) is 16.1 Å². The number of hydrogen-bond donors (Lipinski definition) is 2. The lowest BCUT2D eigenvalue weighted by Gasteiger charge is -2.02. The molecule has 0 bridgehead atoms. The van der Waals surface area contributed by atoms with Crippen LogP contribution in [0, 0.1) is 11.8 Å². The summed E-state index contributed by atoms with van der Waals surface area (Å²) in [4.78, 5) is 11.8. The Bertz CT molecular complexity index is 635. The van der Waals surface area contributed by atoms with Gasteiger partial charge >= 0.3 is 0 Å². The standard InChI is InChI=1S/C14H11ClN2O2/c15-13-8-7-12(19-13)14(18)17-11-5-3-10(4-6-11)2-1-9-16/h3-8H,9,16H2,(H,17,18). The number of rotatable bonds is 2. The van der Waals surface area contributed by atoms with Crippen molar-refractivity contribution in [1.82, 2.24) is 0 Å². The minimum atomic E-state index is -0.354.